The Kier molecular flexibility index (Phi) is 7.57. The second-order valence-electron chi connectivity index (χ2n) is 6.24. The van der Waals surface area contributed by atoms with Crippen molar-refractivity contribution in [1.29, 1.82) is 0 Å². The van der Waals surface area contributed by atoms with Gasteiger partial charge in [0.15, 0.2) is 10.2 Å². The second kappa shape index (κ2) is 10.4. The highest BCUT2D eigenvalue weighted by atomic mass is 32.1. The van der Waals surface area contributed by atoms with Crippen molar-refractivity contribution >= 4 is 49.9 Å². The lowest BCUT2D eigenvalue weighted by molar-refractivity contribution is -0.908. The van der Waals surface area contributed by atoms with E-state index >= 15 is 0 Å². The van der Waals surface area contributed by atoms with E-state index in [1.807, 2.05) is 24.3 Å². The summed E-state index contributed by atoms with van der Waals surface area (Å²) in [5.41, 5.74) is 6.22. The average molecular weight is 410 g/mol. The van der Waals surface area contributed by atoms with Gasteiger partial charge in [0.25, 0.3) is 5.91 Å². The Balaban J connectivity index is 1.26. The van der Waals surface area contributed by atoms with Crippen molar-refractivity contribution in [3.63, 3.8) is 0 Å². The van der Waals surface area contributed by atoms with Gasteiger partial charge in [-0.15, -0.1) is 0 Å². The number of rotatable bonds is 7. The molecule has 0 bridgehead atoms. The molecule has 146 valence electrons. The first-order valence-corrected chi connectivity index (χ1v) is 10.3. The Morgan fingerprint density at radius 1 is 1.26 bits per heavy atom. The van der Waals surface area contributed by atoms with Crippen molar-refractivity contribution < 1.29 is 14.4 Å². The Labute approximate surface area is 167 Å². The van der Waals surface area contributed by atoms with E-state index in [9.17, 15) is 4.79 Å². The largest absolute Gasteiger partial charge is 0.370 e. The predicted molar refractivity (Wildman–Crippen MR) is 111 cm³/mol. The third-order valence-electron chi connectivity index (χ3n) is 4.20. The lowest BCUT2D eigenvalue weighted by Crippen LogP contribution is -3.14. The molecule has 8 nitrogen and oxygen atoms in total. The van der Waals surface area contributed by atoms with Gasteiger partial charge in [0.05, 0.1) is 36.5 Å². The Hall–Kier alpha value is -2.01. The summed E-state index contributed by atoms with van der Waals surface area (Å²) in [6.07, 6.45) is 1.02. The molecule has 0 saturated carbocycles. The summed E-state index contributed by atoms with van der Waals surface area (Å²) >= 11 is 6.69. The van der Waals surface area contributed by atoms with E-state index in [0.29, 0.717) is 5.11 Å². The van der Waals surface area contributed by atoms with Gasteiger partial charge in [0.1, 0.15) is 13.1 Å². The number of ether oxygens (including phenoxy) is 1. The first-order valence-electron chi connectivity index (χ1n) is 9.04. The van der Waals surface area contributed by atoms with Crippen LogP contribution in [0.25, 0.3) is 10.2 Å². The first kappa shape index (κ1) is 19.7. The molecule has 0 spiro atoms. The number of benzene rings is 1. The average Bonchev–Trinajstić information content (AvgIpc) is 3.12. The number of hydrogen-bond acceptors (Lipinski definition) is 6. The van der Waals surface area contributed by atoms with E-state index in [0.717, 1.165) is 61.2 Å². The molecule has 1 aromatic carbocycles. The molecule has 0 radical (unpaired) electrons. The molecule has 5 N–H and O–H groups in total. The van der Waals surface area contributed by atoms with Gasteiger partial charge in [-0.1, -0.05) is 23.5 Å². The lowest BCUT2D eigenvalue weighted by Gasteiger charge is -2.23. The van der Waals surface area contributed by atoms with Crippen molar-refractivity contribution in [1.82, 2.24) is 21.2 Å². The van der Waals surface area contributed by atoms with E-state index in [-0.39, 0.29) is 12.5 Å². The van der Waals surface area contributed by atoms with Crippen molar-refractivity contribution in [3.8, 4) is 0 Å². The zero-order valence-electron chi connectivity index (χ0n) is 15.0. The minimum Gasteiger partial charge on any atom is -0.370 e. The molecule has 2 heterocycles. The number of morpholine rings is 1. The van der Waals surface area contributed by atoms with Crippen LogP contribution in [0.1, 0.15) is 6.42 Å². The third-order valence-corrected chi connectivity index (χ3v) is 5.44. The summed E-state index contributed by atoms with van der Waals surface area (Å²) in [7, 11) is 0. The quantitative estimate of drug-likeness (QED) is 0.239. The number of para-hydroxylation sites is 1. The van der Waals surface area contributed by atoms with E-state index < -0.39 is 0 Å². The summed E-state index contributed by atoms with van der Waals surface area (Å²) in [4.78, 5) is 17.9. The molecule has 2 aromatic rings. The number of carbonyl (C=O) groups excluding carboxylic acids is 1. The van der Waals surface area contributed by atoms with E-state index in [1.54, 1.807) is 4.90 Å². The van der Waals surface area contributed by atoms with Crippen molar-refractivity contribution in [2.75, 3.05) is 51.3 Å². The molecule has 1 amide bonds. The maximum atomic E-state index is 11.9. The van der Waals surface area contributed by atoms with Crippen LogP contribution in [0.4, 0.5) is 5.13 Å². The number of fused-ring (bicyclic) bond motifs is 1. The van der Waals surface area contributed by atoms with Crippen LogP contribution in [0.15, 0.2) is 24.3 Å². The summed E-state index contributed by atoms with van der Waals surface area (Å²) in [6.45, 7) is 5.82. The molecule has 27 heavy (non-hydrogen) atoms. The highest BCUT2D eigenvalue weighted by Crippen LogP contribution is 2.24. The minimum atomic E-state index is -0.212. The number of hydrazine groups is 1. The number of thiocarbonyl (C=S) groups is 1. The van der Waals surface area contributed by atoms with Gasteiger partial charge in [-0.05, 0) is 24.4 Å². The van der Waals surface area contributed by atoms with E-state index in [4.69, 9.17) is 17.0 Å². The van der Waals surface area contributed by atoms with Crippen LogP contribution in [-0.4, -0.2) is 61.9 Å². The van der Waals surface area contributed by atoms with Crippen LogP contribution in [0, 0.1) is 0 Å². The molecule has 0 aliphatic carbocycles. The molecule has 1 aliphatic heterocycles. The van der Waals surface area contributed by atoms with Gasteiger partial charge in [0.2, 0.25) is 0 Å². The van der Waals surface area contributed by atoms with Gasteiger partial charge in [0, 0.05) is 13.0 Å². The van der Waals surface area contributed by atoms with Gasteiger partial charge in [-0.25, -0.2) is 4.98 Å². The fraction of sp³-hybridized carbons (Fsp3) is 0.471. The molecular weight excluding hydrogens is 384 g/mol. The maximum absolute atomic E-state index is 11.9. The lowest BCUT2D eigenvalue weighted by atomic mass is 10.3. The molecule has 1 saturated heterocycles. The number of nitrogens with one attached hydrogen (secondary N) is 5. The SMILES string of the molecule is O=C(CNc1nc2ccccc2s1)NNC(=S)NCCC[NH+]1CCOCC1. The molecule has 1 aliphatic rings. The maximum Gasteiger partial charge on any atom is 0.257 e. The standard InChI is InChI=1S/C17H24N6O2S2/c24-15(12-19-17-20-13-4-1-2-5-14(13)27-17)21-22-16(26)18-6-3-7-23-8-10-25-11-9-23/h1-2,4-5H,3,6-12H2,(H,19,20)(H,21,24)(H2,18,22,26)/p+1. The number of thiazole rings is 1. The van der Waals surface area contributed by atoms with E-state index in [1.165, 1.54) is 11.3 Å². The fourth-order valence-corrected chi connectivity index (χ4v) is 3.78. The van der Waals surface area contributed by atoms with Crippen LogP contribution in [-0.2, 0) is 9.53 Å². The number of amides is 1. The molecule has 3 rings (SSSR count). The summed E-state index contributed by atoms with van der Waals surface area (Å²) in [6, 6.07) is 7.86. The van der Waals surface area contributed by atoms with Gasteiger partial charge in [-0.2, -0.15) is 0 Å². The van der Waals surface area contributed by atoms with E-state index in [2.05, 4.69) is 26.5 Å². The van der Waals surface area contributed by atoms with Gasteiger partial charge < -0.3 is 20.3 Å². The Bertz CT molecular complexity index is 730. The fourth-order valence-electron chi connectivity index (χ4n) is 2.77. The normalized spacial score (nSPS) is 14.7. The summed E-state index contributed by atoms with van der Waals surface area (Å²) in [5.74, 6) is -0.212. The minimum absolute atomic E-state index is 0.121. The number of nitrogens with zero attached hydrogens (tertiary/aromatic N) is 1. The first-order chi connectivity index (χ1) is 13.2. The smallest absolute Gasteiger partial charge is 0.257 e. The Morgan fingerprint density at radius 3 is 2.89 bits per heavy atom. The predicted octanol–water partition coefficient (Wildman–Crippen LogP) is -0.491. The molecule has 1 aromatic heterocycles. The summed E-state index contributed by atoms with van der Waals surface area (Å²) < 4.78 is 6.43. The number of aromatic nitrogens is 1. The highest BCUT2D eigenvalue weighted by Gasteiger charge is 2.12. The highest BCUT2D eigenvalue weighted by molar-refractivity contribution is 7.80. The molecule has 10 heteroatoms. The topological polar surface area (TPSA) is 91.8 Å². The van der Waals surface area contributed by atoms with Crippen LogP contribution in [0.5, 0.6) is 0 Å². The van der Waals surface area contributed by atoms with Crippen molar-refractivity contribution in [2.24, 2.45) is 0 Å². The number of quaternary nitrogens is 1. The number of anilines is 1. The zero-order valence-corrected chi connectivity index (χ0v) is 16.7. The van der Waals surface area contributed by atoms with Gasteiger partial charge in [-0.3, -0.25) is 15.6 Å². The van der Waals surface area contributed by atoms with Crippen molar-refractivity contribution in [2.45, 2.75) is 6.42 Å². The molecule has 1 fully saturated rings. The molecule has 0 unspecified atom stereocenters. The van der Waals surface area contributed by atoms with Gasteiger partial charge >= 0.3 is 0 Å². The number of carbonyl (C=O) groups is 1. The molecular formula is C17H25N6O2S2+. The van der Waals surface area contributed by atoms with Crippen LogP contribution in [0.3, 0.4) is 0 Å². The second-order valence-corrected chi connectivity index (χ2v) is 7.67. The third kappa shape index (κ3) is 6.58. The molecule has 0 atom stereocenters. The van der Waals surface area contributed by atoms with Crippen LogP contribution >= 0.6 is 23.6 Å². The Morgan fingerprint density at radius 2 is 2.07 bits per heavy atom. The van der Waals surface area contributed by atoms with Crippen molar-refractivity contribution in [3.05, 3.63) is 24.3 Å². The zero-order chi connectivity index (χ0) is 18.9. The van der Waals surface area contributed by atoms with Crippen LogP contribution in [0.2, 0.25) is 0 Å². The summed E-state index contributed by atoms with van der Waals surface area (Å²) in [5, 5.41) is 7.26. The number of hydrogen-bond donors (Lipinski definition) is 5. The monoisotopic (exact) mass is 409 g/mol. The van der Waals surface area contributed by atoms with Crippen LogP contribution < -0.4 is 26.4 Å².